The highest BCUT2D eigenvalue weighted by molar-refractivity contribution is 5.68. The SMILES string of the molecule is CC[C@@H]1CN(C(=O)OC(C)(C)C)C[C@@H]1c1cccc(OCCc2nc(-c3ccccc3)oc2C)c1. The maximum absolute atomic E-state index is 12.6. The van der Waals surface area contributed by atoms with Crippen molar-refractivity contribution in [2.24, 2.45) is 5.92 Å². The zero-order valence-corrected chi connectivity index (χ0v) is 21.4. The van der Waals surface area contributed by atoms with Crippen LogP contribution >= 0.6 is 0 Å². The van der Waals surface area contributed by atoms with Crippen molar-refractivity contribution in [3.05, 3.63) is 71.6 Å². The lowest BCUT2D eigenvalue weighted by atomic mass is 9.87. The number of amides is 1. The van der Waals surface area contributed by atoms with E-state index in [1.165, 1.54) is 5.56 Å². The fourth-order valence-corrected chi connectivity index (χ4v) is 4.60. The normalized spacial score (nSPS) is 18.0. The highest BCUT2D eigenvalue weighted by atomic mass is 16.6. The van der Waals surface area contributed by atoms with Gasteiger partial charge in [0.25, 0.3) is 0 Å². The summed E-state index contributed by atoms with van der Waals surface area (Å²) in [4.78, 5) is 19.1. The molecule has 0 unspecified atom stereocenters. The third kappa shape index (κ3) is 6.24. The second-order valence-corrected chi connectivity index (χ2v) is 10.2. The van der Waals surface area contributed by atoms with Crippen LogP contribution in [-0.2, 0) is 11.2 Å². The number of aromatic nitrogens is 1. The van der Waals surface area contributed by atoms with Gasteiger partial charge < -0.3 is 18.8 Å². The molecule has 1 amide bonds. The molecule has 0 spiro atoms. The van der Waals surface area contributed by atoms with E-state index in [2.05, 4.69) is 24.0 Å². The lowest BCUT2D eigenvalue weighted by Crippen LogP contribution is -2.35. The molecule has 2 heterocycles. The van der Waals surface area contributed by atoms with Gasteiger partial charge in [-0.3, -0.25) is 0 Å². The second-order valence-electron chi connectivity index (χ2n) is 10.2. The van der Waals surface area contributed by atoms with Crippen molar-refractivity contribution < 1.29 is 18.7 Å². The minimum atomic E-state index is -0.491. The van der Waals surface area contributed by atoms with E-state index in [9.17, 15) is 4.79 Å². The van der Waals surface area contributed by atoms with Gasteiger partial charge >= 0.3 is 6.09 Å². The first-order valence-electron chi connectivity index (χ1n) is 12.5. The van der Waals surface area contributed by atoms with Crippen molar-refractivity contribution in [1.29, 1.82) is 0 Å². The van der Waals surface area contributed by atoms with Crippen LogP contribution in [0.2, 0.25) is 0 Å². The number of aryl methyl sites for hydroxylation is 1. The first-order chi connectivity index (χ1) is 16.7. The number of oxazole rings is 1. The van der Waals surface area contributed by atoms with Crippen LogP contribution < -0.4 is 4.74 Å². The van der Waals surface area contributed by atoms with E-state index in [1.807, 2.05) is 75.1 Å². The molecule has 1 fully saturated rings. The lowest BCUT2D eigenvalue weighted by Gasteiger charge is -2.24. The standard InChI is InChI=1S/C29H36N2O4/c1-6-21-18-31(28(32)35-29(3,4)5)19-25(21)23-13-10-14-24(17-23)33-16-15-26-20(2)34-27(30-26)22-11-8-7-9-12-22/h7-14,17,21,25H,6,15-16,18-19H2,1-5H3/t21-,25+/m1/s1. The van der Waals surface area contributed by atoms with Crippen LogP contribution in [0.1, 0.15) is 57.1 Å². The number of nitrogens with zero attached hydrogens (tertiary/aromatic N) is 2. The molecule has 2 atom stereocenters. The van der Waals surface area contributed by atoms with Crippen molar-refractivity contribution in [3.8, 4) is 17.2 Å². The maximum atomic E-state index is 12.6. The van der Waals surface area contributed by atoms with E-state index in [-0.39, 0.29) is 12.0 Å². The largest absolute Gasteiger partial charge is 0.493 e. The zero-order valence-electron chi connectivity index (χ0n) is 21.4. The molecule has 2 aromatic carbocycles. The third-order valence-electron chi connectivity index (χ3n) is 6.42. The van der Waals surface area contributed by atoms with Crippen LogP contribution in [0.4, 0.5) is 4.79 Å². The van der Waals surface area contributed by atoms with Crippen molar-refractivity contribution in [2.45, 2.75) is 59.0 Å². The summed E-state index contributed by atoms with van der Waals surface area (Å²) in [5.41, 5.74) is 2.59. The number of likely N-dealkylation sites (tertiary alicyclic amines) is 1. The molecule has 0 aliphatic carbocycles. The average molecular weight is 477 g/mol. The summed E-state index contributed by atoms with van der Waals surface area (Å²) < 4.78 is 17.6. The van der Waals surface area contributed by atoms with E-state index in [0.717, 1.165) is 35.7 Å². The van der Waals surface area contributed by atoms with E-state index >= 15 is 0 Å². The Labute approximate surface area is 208 Å². The Kier molecular flexibility index (Phi) is 7.48. The van der Waals surface area contributed by atoms with Crippen LogP contribution in [0.3, 0.4) is 0 Å². The molecule has 1 aliphatic heterocycles. The first-order valence-corrected chi connectivity index (χ1v) is 12.5. The molecule has 1 aliphatic rings. The molecule has 35 heavy (non-hydrogen) atoms. The molecule has 186 valence electrons. The van der Waals surface area contributed by atoms with Gasteiger partial charge in [-0.15, -0.1) is 0 Å². The highest BCUT2D eigenvalue weighted by Gasteiger charge is 2.37. The number of rotatable bonds is 7. The predicted molar refractivity (Wildman–Crippen MR) is 137 cm³/mol. The first kappa shape index (κ1) is 24.8. The summed E-state index contributed by atoms with van der Waals surface area (Å²) in [5, 5.41) is 0. The molecule has 6 heteroatoms. The van der Waals surface area contributed by atoms with Crippen LogP contribution in [0.5, 0.6) is 5.75 Å². The Bertz CT molecular complexity index is 1130. The Morgan fingerprint density at radius 1 is 1.11 bits per heavy atom. The highest BCUT2D eigenvalue weighted by Crippen LogP contribution is 2.36. The van der Waals surface area contributed by atoms with Gasteiger partial charge in [0.05, 0.1) is 12.3 Å². The monoisotopic (exact) mass is 476 g/mol. The lowest BCUT2D eigenvalue weighted by molar-refractivity contribution is 0.0286. The van der Waals surface area contributed by atoms with Gasteiger partial charge in [-0.1, -0.05) is 43.7 Å². The van der Waals surface area contributed by atoms with Crippen molar-refractivity contribution in [1.82, 2.24) is 9.88 Å². The quantitative estimate of drug-likeness (QED) is 0.383. The Hall–Kier alpha value is -3.28. The summed E-state index contributed by atoms with van der Waals surface area (Å²) in [7, 11) is 0. The van der Waals surface area contributed by atoms with Gasteiger partial charge in [0.15, 0.2) is 0 Å². The molecule has 0 N–H and O–H groups in total. The molecular weight excluding hydrogens is 440 g/mol. The second kappa shape index (κ2) is 10.5. The predicted octanol–water partition coefficient (Wildman–Crippen LogP) is 6.63. The van der Waals surface area contributed by atoms with Crippen LogP contribution in [-0.4, -0.2) is 41.3 Å². The molecule has 3 aromatic rings. The summed E-state index contributed by atoms with van der Waals surface area (Å²) in [6.45, 7) is 11.7. The third-order valence-corrected chi connectivity index (χ3v) is 6.42. The minimum absolute atomic E-state index is 0.233. The molecule has 6 nitrogen and oxygen atoms in total. The van der Waals surface area contributed by atoms with Gasteiger partial charge in [-0.25, -0.2) is 9.78 Å². The Balaban J connectivity index is 1.38. The fraction of sp³-hybridized carbons (Fsp3) is 0.448. The Morgan fingerprint density at radius 2 is 1.89 bits per heavy atom. The van der Waals surface area contributed by atoms with E-state index < -0.39 is 5.60 Å². The molecular formula is C29H36N2O4. The number of carbonyl (C=O) groups is 1. The summed E-state index contributed by atoms with van der Waals surface area (Å²) in [6, 6.07) is 18.2. The van der Waals surface area contributed by atoms with E-state index in [4.69, 9.17) is 13.9 Å². The van der Waals surface area contributed by atoms with Gasteiger partial charge in [0, 0.05) is 31.0 Å². The maximum Gasteiger partial charge on any atom is 0.410 e. The topological polar surface area (TPSA) is 64.8 Å². The summed E-state index contributed by atoms with van der Waals surface area (Å²) >= 11 is 0. The molecule has 0 bridgehead atoms. The summed E-state index contributed by atoms with van der Waals surface area (Å²) in [6.07, 6.45) is 1.44. The fourth-order valence-electron chi connectivity index (χ4n) is 4.60. The van der Waals surface area contributed by atoms with Crippen molar-refractivity contribution in [3.63, 3.8) is 0 Å². The van der Waals surface area contributed by atoms with Gasteiger partial charge in [-0.2, -0.15) is 0 Å². The van der Waals surface area contributed by atoms with E-state index in [1.54, 1.807) is 0 Å². The molecule has 1 saturated heterocycles. The molecule has 0 radical (unpaired) electrons. The molecule has 1 aromatic heterocycles. The number of carbonyl (C=O) groups excluding carboxylic acids is 1. The van der Waals surface area contributed by atoms with Crippen LogP contribution in [0, 0.1) is 12.8 Å². The average Bonchev–Trinajstić information content (AvgIpc) is 3.43. The summed E-state index contributed by atoms with van der Waals surface area (Å²) in [5.74, 6) is 2.95. The van der Waals surface area contributed by atoms with Crippen LogP contribution in [0.15, 0.2) is 59.0 Å². The number of ether oxygens (including phenoxy) is 2. The number of hydrogen-bond acceptors (Lipinski definition) is 5. The van der Waals surface area contributed by atoms with E-state index in [0.29, 0.717) is 31.4 Å². The zero-order chi connectivity index (χ0) is 25.0. The van der Waals surface area contributed by atoms with Crippen molar-refractivity contribution >= 4 is 6.09 Å². The van der Waals surface area contributed by atoms with Gasteiger partial charge in [-0.05, 0) is 63.4 Å². The molecule has 0 saturated carbocycles. The van der Waals surface area contributed by atoms with Gasteiger partial charge in [0.1, 0.15) is 17.1 Å². The molecule has 4 rings (SSSR count). The smallest absolute Gasteiger partial charge is 0.410 e. The Morgan fingerprint density at radius 3 is 2.60 bits per heavy atom. The van der Waals surface area contributed by atoms with Gasteiger partial charge in [0.2, 0.25) is 5.89 Å². The number of hydrogen-bond donors (Lipinski definition) is 0. The van der Waals surface area contributed by atoms with Crippen molar-refractivity contribution in [2.75, 3.05) is 19.7 Å². The number of benzene rings is 2. The minimum Gasteiger partial charge on any atom is -0.493 e. The van der Waals surface area contributed by atoms with Crippen LogP contribution in [0.25, 0.3) is 11.5 Å².